The van der Waals surface area contributed by atoms with E-state index in [9.17, 15) is 4.79 Å². The van der Waals surface area contributed by atoms with Crippen molar-refractivity contribution in [3.63, 3.8) is 0 Å². The van der Waals surface area contributed by atoms with E-state index in [-0.39, 0.29) is 5.91 Å². The van der Waals surface area contributed by atoms with Crippen LogP contribution < -0.4 is 11.1 Å². The topological polar surface area (TPSA) is 68.0 Å². The molecule has 0 aliphatic heterocycles. The van der Waals surface area contributed by atoms with Crippen molar-refractivity contribution in [1.82, 2.24) is 4.98 Å². The molecule has 1 aromatic carbocycles. The normalized spacial score (nSPS) is 10.2. The van der Waals surface area contributed by atoms with E-state index in [0.29, 0.717) is 17.9 Å². The fourth-order valence-electron chi connectivity index (χ4n) is 1.72. The number of amides is 1. The van der Waals surface area contributed by atoms with Gasteiger partial charge in [-0.2, -0.15) is 0 Å². The molecule has 0 saturated heterocycles. The summed E-state index contributed by atoms with van der Waals surface area (Å²) < 4.78 is 0. The SMILES string of the molecule is Cc1ccc(NC(=O)c2ccc(CCN)cc2)nc1. The summed E-state index contributed by atoms with van der Waals surface area (Å²) in [4.78, 5) is 16.1. The first-order valence-electron chi connectivity index (χ1n) is 6.22. The molecule has 0 unspecified atom stereocenters. The zero-order valence-electron chi connectivity index (χ0n) is 10.9. The van der Waals surface area contributed by atoms with Gasteiger partial charge in [0.15, 0.2) is 0 Å². The maximum atomic E-state index is 12.0. The zero-order chi connectivity index (χ0) is 13.7. The average Bonchev–Trinajstić information content (AvgIpc) is 2.42. The van der Waals surface area contributed by atoms with E-state index < -0.39 is 0 Å². The summed E-state index contributed by atoms with van der Waals surface area (Å²) in [5.41, 5.74) is 8.29. The van der Waals surface area contributed by atoms with Gasteiger partial charge >= 0.3 is 0 Å². The van der Waals surface area contributed by atoms with Crippen molar-refractivity contribution in [2.24, 2.45) is 5.73 Å². The number of pyridine rings is 1. The molecule has 0 fully saturated rings. The lowest BCUT2D eigenvalue weighted by atomic mass is 10.1. The van der Waals surface area contributed by atoms with E-state index in [2.05, 4.69) is 10.3 Å². The van der Waals surface area contributed by atoms with Gasteiger partial charge in [-0.25, -0.2) is 4.98 Å². The smallest absolute Gasteiger partial charge is 0.256 e. The molecular formula is C15H17N3O. The summed E-state index contributed by atoms with van der Waals surface area (Å²) in [5, 5.41) is 2.76. The van der Waals surface area contributed by atoms with E-state index in [0.717, 1.165) is 17.5 Å². The monoisotopic (exact) mass is 255 g/mol. The van der Waals surface area contributed by atoms with Crippen LogP contribution in [0.15, 0.2) is 42.6 Å². The second-order valence-electron chi connectivity index (χ2n) is 4.41. The van der Waals surface area contributed by atoms with Gasteiger partial charge in [-0.1, -0.05) is 18.2 Å². The molecule has 2 rings (SSSR count). The predicted molar refractivity (Wildman–Crippen MR) is 76.1 cm³/mol. The van der Waals surface area contributed by atoms with E-state index >= 15 is 0 Å². The minimum Gasteiger partial charge on any atom is -0.330 e. The summed E-state index contributed by atoms with van der Waals surface area (Å²) >= 11 is 0. The highest BCUT2D eigenvalue weighted by Crippen LogP contribution is 2.09. The molecule has 1 amide bonds. The molecule has 3 N–H and O–H groups in total. The zero-order valence-corrected chi connectivity index (χ0v) is 10.9. The number of aromatic nitrogens is 1. The first kappa shape index (κ1) is 13.2. The van der Waals surface area contributed by atoms with Crippen molar-refractivity contribution in [2.45, 2.75) is 13.3 Å². The summed E-state index contributed by atoms with van der Waals surface area (Å²) in [6.45, 7) is 2.56. The molecule has 0 atom stereocenters. The van der Waals surface area contributed by atoms with Crippen molar-refractivity contribution in [3.8, 4) is 0 Å². The summed E-state index contributed by atoms with van der Waals surface area (Å²) in [7, 11) is 0. The van der Waals surface area contributed by atoms with Gasteiger partial charge < -0.3 is 11.1 Å². The maximum absolute atomic E-state index is 12.0. The van der Waals surface area contributed by atoms with Crippen LogP contribution in [0.1, 0.15) is 21.5 Å². The number of aryl methyl sites for hydroxylation is 1. The molecule has 19 heavy (non-hydrogen) atoms. The lowest BCUT2D eigenvalue weighted by Gasteiger charge is -2.05. The molecule has 0 aliphatic carbocycles. The Kier molecular flexibility index (Phi) is 4.26. The van der Waals surface area contributed by atoms with Crippen LogP contribution in [0.2, 0.25) is 0 Å². The lowest BCUT2D eigenvalue weighted by Crippen LogP contribution is -2.13. The quantitative estimate of drug-likeness (QED) is 0.879. The van der Waals surface area contributed by atoms with Gasteiger partial charge in [0.1, 0.15) is 5.82 Å². The highest BCUT2D eigenvalue weighted by molar-refractivity contribution is 6.03. The Labute approximate surface area is 112 Å². The molecule has 0 radical (unpaired) electrons. The van der Waals surface area contributed by atoms with E-state index in [1.807, 2.05) is 25.1 Å². The lowest BCUT2D eigenvalue weighted by molar-refractivity contribution is 0.102. The van der Waals surface area contributed by atoms with E-state index in [1.54, 1.807) is 24.4 Å². The van der Waals surface area contributed by atoms with Crippen LogP contribution in [-0.2, 0) is 6.42 Å². The molecule has 4 nitrogen and oxygen atoms in total. The molecule has 4 heteroatoms. The van der Waals surface area contributed by atoms with Gasteiger partial charge in [-0.15, -0.1) is 0 Å². The van der Waals surface area contributed by atoms with Crippen LogP contribution in [0.3, 0.4) is 0 Å². The second-order valence-corrected chi connectivity index (χ2v) is 4.41. The number of carbonyl (C=O) groups excluding carboxylic acids is 1. The number of rotatable bonds is 4. The molecule has 1 heterocycles. The van der Waals surface area contributed by atoms with E-state index in [1.165, 1.54) is 0 Å². The maximum Gasteiger partial charge on any atom is 0.256 e. The Morgan fingerprint density at radius 1 is 1.21 bits per heavy atom. The molecule has 0 aliphatic rings. The third-order valence-electron chi connectivity index (χ3n) is 2.80. The van der Waals surface area contributed by atoms with Gasteiger partial charge in [0, 0.05) is 11.8 Å². The largest absolute Gasteiger partial charge is 0.330 e. The number of carbonyl (C=O) groups is 1. The third kappa shape index (κ3) is 3.63. The van der Waals surface area contributed by atoms with Gasteiger partial charge in [-0.05, 0) is 49.2 Å². The number of nitrogens with zero attached hydrogens (tertiary/aromatic N) is 1. The Hall–Kier alpha value is -2.20. The predicted octanol–water partition coefficient (Wildman–Crippen LogP) is 2.14. The van der Waals surface area contributed by atoms with Crippen LogP contribution >= 0.6 is 0 Å². The molecule has 0 bridgehead atoms. The molecule has 2 aromatic rings. The molecule has 0 saturated carbocycles. The van der Waals surface area contributed by atoms with Crippen molar-refractivity contribution < 1.29 is 4.79 Å². The number of anilines is 1. The van der Waals surface area contributed by atoms with Crippen LogP contribution in [0.5, 0.6) is 0 Å². The Morgan fingerprint density at radius 2 is 1.95 bits per heavy atom. The summed E-state index contributed by atoms with van der Waals surface area (Å²) in [5.74, 6) is 0.400. The number of nitrogens with one attached hydrogen (secondary N) is 1. The van der Waals surface area contributed by atoms with Crippen molar-refractivity contribution >= 4 is 11.7 Å². The number of hydrogen-bond donors (Lipinski definition) is 2. The first-order chi connectivity index (χ1) is 9.19. The minimum atomic E-state index is -0.157. The van der Waals surface area contributed by atoms with Gasteiger partial charge in [0.05, 0.1) is 0 Å². The average molecular weight is 255 g/mol. The molecule has 1 aromatic heterocycles. The highest BCUT2D eigenvalue weighted by atomic mass is 16.1. The summed E-state index contributed by atoms with van der Waals surface area (Å²) in [6.07, 6.45) is 2.54. The van der Waals surface area contributed by atoms with Gasteiger partial charge in [0.25, 0.3) is 5.91 Å². The third-order valence-corrected chi connectivity index (χ3v) is 2.80. The van der Waals surface area contributed by atoms with Crippen molar-refractivity contribution in [1.29, 1.82) is 0 Å². The fraction of sp³-hybridized carbons (Fsp3) is 0.200. The van der Waals surface area contributed by atoms with Crippen molar-refractivity contribution in [2.75, 3.05) is 11.9 Å². The fourth-order valence-corrected chi connectivity index (χ4v) is 1.72. The molecular weight excluding hydrogens is 238 g/mol. The first-order valence-corrected chi connectivity index (χ1v) is 6.22. The van der Waals surface area contributed by atoms with Crippen molar-refractivity contribution in [3.05, 3.63) is 59.3 Å². The molecule has 98 valence electrons. The minimum absolute atomic E-state index is 0.157. The number of benzene rings is 1. The van der Waals surface area contributed by atoms with Crippen LogP contribution in [0, 0.1) is 6.92 Å². The number of nitrogens with two attached hydrogens (primary N) is 1. The summed E-state index contributed by atoms with van der Waals surface area (Å²) in [6, 6.07) is 11.1. The highest BCUT2D eigenvalue weighted by Gasteiger charge is 2.06. The van der Waals surface area contributed by atoms with Crippen LogP contribution in [-0.4, -0.2) is 17.4 Å². The second kappa shape index (κ2) is 6.11. The van der Waals surface area contributed by atoms with E-state index in [4.69, 9.17) is 5.73 Å². The Morgan fingerprint density at radius 3 is 2.53 bits per heavy atom. The van der Waals surface area contributed by atoms with Crippen LogP contribution in [0.4, 0.5) is 5.82 Å². The van der Waals surface area contributed by atoms with Gasteiger partial charge in [-0.3, -0.25) is 4.79 Å². The standard InChI is InChI=1S/C15H17N3O/c1-11-2-7-14(17-10-11)18-15(19)13-5-3-12(4-6-13)8-9-16/h2-7,10H,8-9,16H2,1H3,(H,17,18,19). The Balaban J connectivity index is 2.05. The number of hydrogen-bond acceptors (Lipinski definition) is 3. The van der Waals surface area contributed by atoms with Crippen LogP contribution in [0.25, 0.3) is 0 Å². The van der Waals surface area contributed by atoms with Gasteiger partial charge in [0.2, 0.25) is 0 Å². The Bertz CT molecular complexity index is 547. The molecule has 0 spiro atoms.